The van der Waals surface area contributed by atoms with E-state index in [9.17, 15) is 9.59 Å². The molecule has 4 aromatic rings. The minimum absolute atomic E-state index is 0.0495. The lowest BCUT2D eigenvalue weighted by Gasteiger charge is -2.13. The smallest absolute Gasteiger partial charge is 0.316 e. The van der Waals surface area contributed by atoms with Gasteiger partial charge in [0.2, 0.25) is 0 Å². The van der Waals surface area contributed by atoms with E-state index in [0.717, 1.165) is 11.3 Å². The minimum atomic E-state index is -0.359. The first-order valence-corrected chi connectivity index (χ1v) is 11.8. The summed E-state index contributed by atoms with van der Waals surface area (Å²) in [6, 6.07) is 17.1. The van der Waals surface area contributed by atoms with Crippen molar-refractivity contribution >= 4 is 51.6 Å². The summed E-state index contributed by atoms with van der Waals surface area (Å²) < 4.78 is 9.41. The number of ether oxygens (including phenoxy) is 1. The van der Waals surface area contributed by atoms with Gasteiger partial charge >= 0.3 is 5.97 Å². The number of benzene rings is 2. The van der Waals surface area contributed by atoms with Crippen molar-refractivity contribution in [3.8, 4) is 11.4 Å². The number of carbonyl (C=O) groups is 1. The predicted octanol–water partition coefficient (Wildman–Crippen LogP) is 4.93. The lowest BCUT2D eigenvalue weighted by atomic mass is 10.2. The molecule has 0 aliphatic carbocycles. The van der Waals surface area contributed by atoms with Crippen molar-refractivity contribution < 1.29 is 9.53 Å². The highest BCUT2D eigenvalue weighted by Crippen LogP contribution is 2.28. The van der Waals surface area contributed by atoms with E-state index in [0.29, 0.717) is 31.8 Å². The fourth-order valence-corrected chi connectivity index (χ4v) is 5.28. The van der Waals surface area contributed by atoms with Gasteiger partial charge in [0.15, 0.2) is 14.8 Å². The molecule has 0 amide bonds. The molecule has 6 nitrogen and oxygen atoms in total. The van der Waals surface area contributed by atoms with Crippen LogP contribution < -0.4 is 5.56 Å². The van der Waals surface area contributed by atoms with E-state index in [2.05, 4.69) is 0 Å². The normalized spacial score (nSPS) is 11.0. The van der Waals surface area contributed by atoms with Crippen LogP contribution in [0.3, 0.4) is 0 Å². The molecule has 0 spiro atoms. The first-order valence-electron chi connectivity index (χ1n) is 9.59. The fourth-order valence-electron chi connectivity index (χ4n) is 3.19. The van der Waals surface area contributed by atoms with Crippen molar-refractivity contribution in [1.29, 1.82) is 0 Å². The molecule has 0 unspecified atom stereocenters. The van der Waals surface area contributed by atoms with Crippen LogP contribution in [-0.2, 0) is 9.53 Å². The molecular formula is C22H19N3O3S3. The molecule has 0 aliphatic rings. The summed E-state index contributed by atoms with van der Waals surface area (Å²) in [5.74, 6) is -0.309. The fraction of sp³-hybridized carbons (Fsp3) is 0.182. The summed E-state index contributed by atoms with van der Waals surface area (Å²) in [5.41, 5.74) is 2.85. The van der Waals surface area contributed by atoms with Gasteiger partial charge in [0, 0.05) is 0 Å². The molecule has 158 valence electrons. The number of thioether (sulfide) groups is 1. The van der Waals surface area contributed by atoms with E-state index in [-0.39, 0.29) is 17.3 Å². The molecule has 0 N–H and O–H groups in total. The van der Waals surface area contributed by atoms with E-state index in [1.165, 1.54) is 27.7 Å². The molecular weight excluding hydrogens is 450 g/mol. The van der Waals surface area contributed by atoms with Crippen molar-refractivity contribution in [1.82, 2.24) is 14.1 Å². The Morgan fingerprint density at radius 2 is 1.84 bits per heavy atom. The molecule has 0 saturated carbocycles. The topological polar surface area (TPSA) is 66.1 Å². The number of nitrogens with zero attached hydrogens (tertiary/aromatic N) is 3. The van der Waals surface area contributed by atoms with Gasteiger partial charge in [-0.25, -0.2) is 4.98 Å². The molecule has 0 fully saturated rings. The van der Waals surface area contributed by atoms with Crippen LogP contribution in [0.5, 0.6) is 0 Å². The summed E-state index contributed by atoms with van der Waals surface area (Å²) in [6.45, 7) is 4.05. The van der Waals surface area contributed by atoms with Gasteiger partial charge in [0.1, 0.15) is 4.70 Å². The van der Waals surface area contributed by atoms with Crippen LogP contribution in [0.4, 0.5) is 0 Å². The molecule has 2 aromatic heterocycles. The van der Waals surface area contributed by atoms with Crippen molar-refractivity contribution in [2.75, 3.05) is 12.4 Å². The number of para-hydroxylation sites is 2. The molecule has 9 heteroatoms. The Morgan fingerprint density at radius 1 is 1.13 bits per heavy atom. The average molecular weight is 470 g/mol. The quantitative estimate of drug-likeness (QED) is 0.173. The Morgan fingerprint density at radius 3 is 2.55 bits per heavy atom. The Bertz CT molecular complexity index is 1370. The first-order chi connectivity index (χ1) is 15.0. The second kappa shape index (κ2) is 9.17. The van der Waals surface area contributed by atoms with Crippen molar-refractivity contribution in [2.45, 2.75) is 19.0 Å². The van der Waals surface area contributed by atoms with E-state index in [1.807, 2.05) is 66.1 Å². The van der Waals surface area contributed by atoms with Gasteiger partial charge in [-0.05, 0) is 49.8 Å². The highest BCUT2D eigenvalue weighted by molar-refractivity contribution is 7.99. The molecule has 0 bridgehead atoms. The Hall–Kier alpha value is -2.75. The summed E-state index contributed by atoms with van der Waals surface area (Å²) in [6.07, 6.45) is 0. The van der Waals surface area contributed by atoms with E-state index in [1.54, 1.807) is 6.92 Å². The summed E-state index contributed by atoms with van der Waals surface area (Å²) >= 11 is 8.02. The maximum absolute atomic E-state index is 13.5. The van der Waals surface area contributed by atoms with E-state index in [4.69, 9.17) is 21.9 Å². The number of carbonyl (C=O) groups excluding carboxylic acids is 1. The zero-order chi connectivity index (χ0) is 22.0. The Balaban J connectivity index is 1.97. The molecule has 0 aliphatic heterocycles. The maximum atomic E-state index is 13.5. The highest BCUT2D eigenvalue weighted by atomic mass is 32.2. The second-order valence-corrected chi connectivity index (χ2v) is 9.19. The van der Waals surface area contributed by atoms with Crippen LogP contribution in [-0.4, -0.2) is 32.4 Å². The number of thiazole rings is 1. The summed E-state index contributed by atoms with van der Waals surface area (Å²) in [4.78, 5) is 30.3. The Labute approximate surface area is 192 Å². The number of hydrogen-bond acceptors (Lipinski definition) is 7. The molecule has 0 atom stereocenters. The average Bonchev–Trinajstić information content (AvgIpc) is 3.09. The zero-order valence-electron chi connectivity index (χ0n) is 16.9. The van der Waals surface area contributed by atoms with Gasteiger partial charge < -0.3 is 4.74 Å². The predicted molar refractivity (Wildman–Crippen MR) is 127 cm³/mol. The van der Waals surface area contributed by atoms with Crippen LogP contribution in [0.15, 0.2) is 64.5 Å². The number of aromatic nitrogens is 3. The molecule has 2 aromatic carbocycles. The third-order valence-corrected chi connectivity index (χ3v) is 6.84. The monoisotopic (exact) mass is 469 g/mol. The minimum Gasteiger partial charge on any atom is -0.465 e. The SMILES string of the molecule is CCOC(=O)CSc1nc2c(sc(=S)n2-c2ccccc2C)c(=O)n1-c1ccccc1. The van der Waals surface area contributed by atoms with Crippen molar-refractivity contribution in [3.05, 3.63) is 74.5 Å². The molecule has 4 rings (SSSR count). The lowest BCUT2D eigenvalue weighted by molar-refractivity contribution is -0.139. The number of fused-ring (bicyclic) bond motifs is 1. The van der Waals surface area contributed by atoms with Crippen molar-refractivity contribution in [2.24, 2.45) is 0 Å². The zero-order valence-corrected chi connectivity index (χ0v) is 19.4. The lowest BCUT2D eigenvalue weighted by Crippen LogP contribution is -2.22. The van der Waals surface area contributed by atoms with Gasteiger partial charge in [0.25, 0.3) is 5.56 Å². The van der Waals surface area contributed by atoms with Gasteiger partial charge in [0.05, 0.1) is 23.7 Å². The number of aryl methyl sites for hydroxylation is 1. The van der Waals surface area contributed by atoms with Gasteiger partial charge in [-0.1, -0.05) is 59.5 Å². The van der Waals surface area contributed by atoms with Crippen LogP contribution in [0.1, 0.15) is 12.5 Å². The van der Waals surface area contributed by atoms with E-state index < -0.39 is 0 Å². The first kappa shape index (κ1) is 21.5. The van der Waals surface area contributed by atoms with Gasteiger partial charge in [-0.3, -0.25) is 18.7 Å². The van der Waals surface area contributed by atoms with Crippen LogP contribution in [0.2, 0.25) is 0 Å². The maximum Gasteiger partial charge on any atom is 0.316 e. The number of rotatable bonds is 6. The standard InChI is InChI=1S/C22H19N3O3S3/c1-3-28-17(26)13-30-21-23-19-18(20(27)24(21)15-10-5-4-6-11-15)31-22(29)25(19)16-12-8-7-9-14(16)2/h4-12H,3,13H2,1-2H3. The number of esters is 1. The molecule has 2 heterocycles. The third-order valence-electron chi connectivity index (χ3n) is 4.57. The highest BCUT2D eigenvalue weighted by Gasteiger charge is 2.20. The van der Waals surface area contributed by atoms with Gasteiger partial charge in [-0.15, -0.1) is 0 Å². The van der Waals surface area contributed by atoms with Crippen LogP contribution >= 0.6 is 35.3 Å². The second-order valence-electron chi connectivity index (χ2n) is 6.61. The van der Waals surface area contributed by atoms with Crippen LogP contribution in [0.25, 0.3) is 21.7 Å². The third kappa shape index (κ3) is 4.21. The largest absolute Gasteiger partial charge is 0.465 e. The van der Waals surface area contributed by atoms with Crippen molar-refractivity contribution in [3.63, 3.8) is 0 Å². The molecule has 0 saturated heterocycles. The summed E-state index contributed by atoms with van der Waals surface area (Å²) in [5, 5.41) is 0.409. The van der Waals surface area contributed by atoms with Gasteiger partial charge in [-0.2, -0.15) is 0 Å². The number of hydrogen-bond donors (Lipinski definition) is 0. The van der Waals surface area contributed by atoms with E-state index >= 15 is 0 Å². The van der Waals surface area contributed by atoms with Crippen LogP contribution in [0, 0.1) is 10.9 Å². The molecule has 0 radical (unpaired) electrons. The Kier molecular flexibility index (Phi) is 6.35. The molecule has 31 heavy (non-hydrogen) atoms. The summed E-state index contributed by atoms with van der Waals surface area (Å²) in [7, 11) is 0.